The molecule has 0 aliphatic rings. The fourth-order valence-corrected chi connectivity index (χ4v) is 0.859. The van der Waals surface area contributed by atoms with E-state index < -0.39 is 0 Å². The molecule has 0 N–H and O–H groups in total. The smallest absolute Gasteiger partial charge is 0.318 e. The molecule has 0 fully saturated rings. The minimum Gasteiger partial charge on any atom is -0.465 e. The number of hydrogen-bond donors (Lipinski definition) is 1. The Labute approximate surface area is 80.1 Å². The van der Waals surface area contributed by atoms with Gasteiger partial charge in [-0.1, -0.05) is 13.8 Å². The van der Waals surface area contributed by atoms with Crippen molar-refractivity contribution < 1.29 is 9.53 Å². The minimum absolute atomic E-state index is 0.220. The molecule has 0 saturated carbocycles. The van der Waals surface area contributed by atoms with Crippen molar-refractivity contribution in [2.45, 2.75) is 38.9 Å². The molecule has 1 unspecified atom stereocenters. The van der Waals surface area contributed by atoms with Crippen LogP contribution in [0.25, 0.3) is 0 Å². The maximum atomic E-state index is 10.9. The fourth-order valence-electron chi connectivity index (χ4n) is 0.785. The molecule has 3 heteroatoms. The van der Waals surface area contributed by atoms with Gasteiger partial charge in [-0.15, -0.1) is 0 Å². The number of rotatable bonds is 5. The van der Waals surface area contributed by atoms with Crippen LogP contribution in [-0.2, 0) is 9.53 Å². The molecule has 0 spiro atoms. The highest BCUT2D eigenvalue weighted by Crippen LogP contribution is 2.04. The lowest BCUT2D eigenvalue weighted by molar-refractivity contribution is -0.142. The molecule has 0 aliphatic carbocycles. The van der Waals surface area contributed by atoms with E-state index in [1.54, 1.807) is 6.92 Å². The Morgan fingerprint density at radius 3 is 2.42 bits per heavy atom. The number of ether oxygens (including phenoxy) is 1. The van der Waals surface area contributed by atoms with Gasteiger partial charge in [0.1, 0.15) is 0 Å². The molecule has 1 atom stereocenters. The molecular formula is C9H18O2S. The molecule has 0 heterocycles. The predicted molar refractivity (Wildman–Crippen MR) is 53.5 cm³/mol. The Morgan fingerprint density at radius 2 is 2.00 bits per heavy atom. The van der Waals surface area contributed by atoms with E-state index in [1.807, 2.05) is 0 Å². The largest absolute Gasteiger partial charge is 0.465 e. The molecule has 0 rings (SSSR count). The highest BCUT2D eigenvalue weighted by atomic mass is 32.1. The summed E-state index contributed by atoms with van der Waals surface area (Å²) in [6.45, 7) is 6.56. The molecule has 72 valence electrons. The first-order chi connectivity index (χ1) is 5.54. The summed E-state index contributed by atoms with van der Waals surface area (Å²) in [5.74, 6) is 0.458. The summed E-state index contributed by atoms with van der Waals surface area (Å²) in [4.78, 5) is 10.9. The van der Waals surface area contributed by atoms with Crippen LogP contribution in [0.2, 0.25) is 0 Å². The zero-order valence-electron chi connectivity index (χ0n) is 8.04. The van der Waals surface area contributed by atoms with E-state index in [-0.39, 0.29) is 11.2 Å². The molecule has 0 amide bonds. The first-order valence-corrected chi connectivity index (χ1v) is 4.90. The maximum Gasteiger partial charge on any atom is 0.318 e. The lowest BCUT2D eigenvalue weighted by Crippen LogP contribution is -2.15. The van der Waals surface area contributed by atoms with Crippen LogP contribution in [0.15, 0.2) is 0 Å². The van der Waals surface area contributed by atoms with Gasteiger partial charge in [0.2, 0.25) is 0 Å². The summed E-state index contributed by atoms with van der Waals surface area (Å²) >= 11 is 3.96. The number of carbonyl (C=O) groups is 1. The van der Waals surface area contributed by atoms with Crippen LogP contribution in [0.3, 0.4) is 0 Å². The van der Waals surface area contributed by atoms with Gasteiger partial charge in [0.15, 0.2) is 0 Å². The van der Waals surface area contributed by atoms with Gasteiger partial charge >= 0.3 is 5.97 Å². The molecule has 12 heavy (non-hydrogen) atoms. The predicted octanol–water partition coefficient (Wildman–Crippen LogP) is 2.28. The summed E-state index contributed by atoms with van der Waals surface area (Å²) in [6, 6.07) is 0. The lowest BCUT2D eigenvalue weighted by Gasteiger charge is -2.07. The van der Waals surface area contributed by atoms with E-state index >= 15 is 0 Å². The Morgan fingerprint density at radius 1 is 1.42 bits per heavy atom. The SMILES string of the molecule is CC(C)CCCOC(=O)C(C)S. The normalized spacial score (nSPS) is 13.1. The van der Waals surface area contributed by atoms with Gasteiger partial charge in [-0.05, 0) is 25.7 Å². The van der Waals surface area contributed by atoms with Crippen LogP contribution in [0.4, 0.5) is 0 Å². The van der Waals surface area contributed by atoms with Gasteiger partial charge in [-0.3, -0.25) is 4.79 Å². The topological polar surface area (TPSA) is 26.3 Å². The summed E-state index contributed by atoms with van der Waals surface area (Å²) < 4.78 is 4.94. The number of hydrogen-bond acceptors (Lipinski definition) is 3. The minimum atomic E-state index is -0.302. The van der Waals surface area contributed by atoms with Crippen molar-refractivity contribution in [3.8, 4) is 0 Å². The van der Waals surface area contributed by atoms with Crippen LogP contribution in [0.1, 0.15) is 33.6 Å². The van der Waals surface area contributed by atoms with Crippen molar-refractivity contribution in [2.24, 2.45) is 5.92 Å². The van der Waals surface area contributed by atoms with E-state index in [4.69, 9.17) is 4.74 Å². The van der Waals surface area contributed by atoms with Crippen molar-refractivity contribution in [3.63, 3.8) is 0 Å². The lowest BCUT2D eigenvalue weighted by atomic mass is 10.1. The summed E-state index contributed by atoms with van der Waals surface area (Å²) in [5, 5.41) is -0.302. The number of thiol groups is 1. The molecule has 0 aromatic heterocycles. The van der Waals surface area contributed by atoms with Crippen LogP contribution in [0.5, 0.6) is 0 Å². The first kappa shape index (κ1) is 11.8. The average molecular weight is 190 g/mol. The fraction of sp³-hybridized carbons (Fsp3) is 0.889. The Balaban J connectivity index is 3.26. The van der Waals surface area contributed by atoms with E-state index in [0.717, 1.165) is 12.8 Å². The highest BCUT2D eigenvalue weighted by molar-refractivity contribution is 7.81. The second-order valence-electron chi connectivity index (χ2n) is 3.38. The summed E-state index contributed by atoms with van der Waals surface area (Å²) in [5.41, 5.74) is 0. The monoisotopic (exact) mass is 190 g/mol. The van der Waals surface area contributed by atoms with Gasteiger partial charge in [0.05, 0.1) is 11.9 Å². The van der Waals surface area contributed by atoms with Crippen molar-refractivity contribution >= 4 is 18.6 Å². The van der Waals surface area contributed by atoms with E-state index in [9.17, 15) is 4.79 Å². The number of carbonyl (C=O) groups excluding carboxylic acids is 1. The van der Waals surface area contributed by atoms with E-state index in [1.165, 1.54) is 0 Å². The van der Waals surface area contributed by atoms with Crippen LogP contribution in [0, 0.1) is 5.92 Å². The van der Waals surface area contributed by atoms with Crippen molar-refractivity contribution in [1.29, 1.82) is 0 Å². The highest BCUT2D eigenvalue weighted by Gasteiger charge is 2.08. The van der Waals surface area contributed by atoms with Gasteiger partial charge < -0.3 is 4.74 Å². The third-order valence-corrected chi connectivity index (χ3v) is 1.72. The van der Waals surface area contributed by atoms with Gasteiger partial charge in [-0.25, -0.2) is 0 Å². The van der Waals surface area contributed by atoms with Crippen molar-refractivity contribution in [3.05, 3.63) is 0 Å². The quantitative estimate of drug-likeness (QED) is 0.409. The second kappa shape index (κ2) is 6.35. The zero-order valence-corrected chi connectivity index (χ0v) is 8.93. The molecule has 0 aromatic rings. The van der Waals surface area contributed by atoms with Gasteiger partial charge in [0.25, 0.3) is 0 Å². The van der Waals surface area contributed by atoms with Crippen molar-refractivity contribution in [1.82, 2.24) is 0 Å². The standard InChI is InChI=1S/C9H18O2S/c1-7(2)5-4-6-11-9(10)8(3)12/h7-8,12H,4-6H2,1-3H3. The number of esters is 1. The van der Waals surface area contributed by atoms with E-state index in [2.05, 4.69) is 26.5 Å². The molecular weight excluding hydrogens is 172 g/mol. The maximum absolute atomic E-state index is 10.9. The first-order valence-electron chi connectivity index (χ1n) is 4.38. The average Bonchev–Trinajstić information content (AvgIpc) is 1.97. The second-order valence-corrected chi connectivity index (χ2v) is 4.15. The molecule has 0 aromatic carbocycles. The van der Waals surface area contributed by atoms with Gasteiger partial charge in [-0.2, -0.15) is 12.6 Å². The van der Waals surface area contributed by atoms with E-state index in [0.29, 0.717) is 12.5 Å². The van der Waals surface area contributed by atoms with Crippen LogP contribution >= 0.6 is 12.6 Å². The Hall–Kier alpha value is -0.180. The van der Waals surface area contributed by atoms with Crippen molar-refractivity contribution in [2.75, 3.05) is 6.61 Å². The van der Waals surface area contributed by atoms with Crippen LogP contribution < -0.4 is 0 Å². The summed E-state index contributed by atoms with van der Waals surface area (Å²) in [6.07, 6.45) is 2.05. The summed E-state index contributed by atoms with van der Waals surface area (Å²) in [7, 11) is 0. The molecule has 0 aliphatic heterocycles. The third-order valence-electron chi connectivity index (χ3n) is 1.51. The molecule has 0 radical (unpaired) electrons. The Kier molecular flexibility index (Phi) is 6.25. The Bertz CT molecular complexity index is 132. The van der Waals surface area contributed by atoms with Crippen LogP contribution in [-0.4, -0.2) is 17.8 Å². The molecule has 0 bridgehead atoms. The molecule has 0 saturated heterocycles. The van der Waals surface area contributed by atoms with Gasteiger partial charge in [0, 0.05) is 0 Å². The third kappa shape index (κ3) is 6.53. The molecule has 2 nitrogen and oxygen atoms in total. The zero-order chi connectivity index (χ0) is 9.56.